The zero-order valence-electron chi connectivity index (χ0n) is 6.39. The molecule has 0 aliphatic carbocycles. The minimum absolute atomic E-state index is 0.00421. The molecule has 0 aliphatic rings. The van der Waals surface area contributed by atoms with Crippen LogP contribution in [0.2, 0.25) is 5.02 Å². The van der Waals surface area contributed by atoms with Crippen molar-refractivity contribution in [1.29, 1.82) is 0 Å². The number of rotatable bonds is 3. The van der Waals surface area contributed by atoms with Gasteiger partial charge in [-0.05, 0) is 23.7 Å². The molecule has 0 aromatic heterocycles. The lowest BCUT2D eigenvalue weighted by molar-refractivity contribution is -0.113. The molecule has 0 unspecified atom stereocenters. The summed E-state index contributed by atoms with van der Waals surface area (Å²) in [6, 6.07) is 3.87. The van der Waals surface area contributed by atoms with Crippen LogP contribution in [0.3, 0.4) is 0 Å². The lowest BCUT2D eigenvalue weighted by atomic mass is 10.3. The Morgan fingerprint density at radius 3 is 2.77 bits per heavy atom. The number of carbonyl (C=O) groups excluding carboxylic acids is 1. The molecule has 1 aromatic rings. The van der Waals surface area contributed by atoms with Gasteiger partial charge in [0, 0.05) is 6.07 Å². The quantitative estimate of drug-likeness (QED) is 0.736. The Kier molecular flexibility index (Phi) is 3.51. The van der Waals surface area contributed by atoms with Gasteiger partial charge in [-0.25, -0.2) is 4.39 Å². The van der Waals surface area contributed by atoms with Gasteiger partial charge in [-0.2, -0.15) is 0 Å². The fourth-order valence-electron chi connectivity index (χ4n) is 0.707. The third kappa shape index (κ3) is 3.20. The number of benzene rings is 1. The predicted molar refractivity (Wildman–Crippen MR) is 47.8 cm³/mol. The average Bonchev–Trinajstić information content (AvgIpc) is 2.07. The van der Waals surface area contributed by atoms with Crippen molar-refractivity contribution < 1.29 is 13.9 Å². The number of hydrogen-bond donors (Lipinski definition) is 0. The van der Waals surface area contributed by atoms with E-state index in [4.69, 9.17) is 27.9 Å². The Morgan fingerprint density at radius 2 is 2.23 bits per heavy atom. The van der Waals surface area contributed by atoms with Crippen molar-refractivity contribution in [2.45, 2.75) is 0 Å². The van der Waals surface area contributed by atoms with E-state index in [1.54, 1.807) is 0 Å². The molecule has 0 fully saturated rings. The van der Waals surface area contributed by atoms with E-state index in [2.05, 4.69) is 0 Å². The second-order valence-electron chi connectivity index (χ2n) is 2.22. The topological polar surface area (TPSA) is 26.3 Å². The van der Waals surface area contributed by atoms with Gasteiger partial charge >= 0.3 is 0 Å². The highest BCUT2D eigenvalue weighted by Gasteiger charge is 2.03. The first kappa shape index (κ1) is 10.3. The minimum atomic E-state index is -0.643. The number of carbonyl (C=O) groups is 1. The first-order chi connectivity index (χ1) is 6.09. The van der Waals surface area contributed by atoms with Crippen molar-refractivity contribution >= 4 is 28.4 Å². The molecule has 5 heteroatoms. The van der Waals surface area contributed by atoms with E-state index in [1.165, 1.54) is 12.1 Å². The molecule has 2 nitrogen and oxygen atoms in total. The summed E-state index contributed by atoms with van der Waals surface area (Å²) in [6.07, 6.45) is 0. The Balaban J connectivity index is 2.68. The lowest BCUT2D eigenvalue weighted by Gasteiger charge is -2.02. The molecular weight excluding hydrogens is 218 g/mol. The summed E-state index contributed by atoms with van der Waals surface area (Å²) in [5, 5.41) is -0.639. The van der Waals surface area contributed by atoms with Crippen molar-refractivity contribution in [3.8, 4) is 5.75 Å². The highest BCUT2D eigenvalue weighted by atomic mass is 35.5. The molecule has 70 valence electrons. The Morgan fingerprint density at radius 1 is 1.54 bits per heavy atom. The standard InChI is InChI=1S/C8H5Cl2FO2/c9-6-2-1-5(3-7(6)11)13-4-8(10)12/h1-3H,4H2. The lowest BCUT2D eigenvalue weighted by Crippen LogP contribution is -2.04. The van der Waals surface area contributed by atoms with Crippen molar-refractivity contribution in [3.05, 3.63) is 29.0 Å². The van der Waals surface area contributed by atoms with Gasteiger partial charge in [0.1, 0.15) is 11.6 Å². The second-order valence-corrected chi connectivity index (χ2v) is 3.05. The summed E-state index contributed by atoms with van der Waals surface area (Å²) in [6.45, 7) is -0.289. The van der Waals surface area contributed by atoms with Crippen molar-refractivity contribution in [3.63, 3.8) is 0 Å². The van der Waals surface area contributed by atoms with Crippen LogP contribution in [-0.2, 0) is 4.79 Å². The molecule has 0 bridgehead atoms. The molecule has 0 aliphatic heterocycles. The highest BCUT2D eigenvalue weighted by molar-refractivity contribution is 6.63. The van der Waals surface area contributed by atoms with Crippen molar-refractivity contribution in [2.75, 3.05) is 6.61 Å². The van der Waals surface area contributed by atoms with E-state index in [1.807, 2.05) is 0 Å². The summed E-state index contributed by atoms with van der Waals surface area (Å²) < 4.78 is 17.6. The average molecular weight is 223 g/mol. The van der Waals surface area contributed by atoms with E-state index < -0.39 is 11.1 Å². The van der Waals surface area contributed by atoms with Crippen LogP contribution in [0.4, 0.5) is 4.39 Å². The molecule has 0 atom stereocenters. The van der Waals surface area contributed by atoms with Gasteiger partial charge < -0.3 is 4.74 Å². The van der Waals surface area contributed by atoms with Crippen LogP contribution < -0.4 is 4.74 Å². The van der Waals surface area contributed by atoms with Crippen LogP contribution in [0.1, 0.15) is 0 Å². The zero-order chi connectivity index (χ0) is 9.84. The summed E-state index contributed by atoms with van der Waals surface area (Å²) in [7, 11) is 0. The SMILES string of the molecule is O=C(Cl)COc1ccc(Cl)c(F)c1. The van der Waals surface area contributed by atoms with E-state index in [-0.39, 0.29) is 17.4 Å². The van der Waals surface area contributed by atoms with Crippen molar-refractivity contribution in [2.24, 2.45) is 0 Å². The molecular formula is C8H5Cl2FO2. The summed E-state index contributed by atoms with van der Waals surface area (Å²) >= 11 is 10.4. The van der Waals surface area contributed by atoms with Crippen LogP contribution in [0.5, 0.6) is 5.75 Å². The van der Waals surface area contributed by atoms with Gasteiger partial charge in [-0.3, -0.25) is 4.79 Å². The van der Waals surface area contributed by atoms with Crippen LogP contribution in [0.15, 0.2) is 18.2 Å². The zero-order valence-corrected chi connectivity index (χ0v) is 7.90. The fourth-order valence-corrected chi connectivity index (χ4v) is 0.879. The summed E-state index contributed by atoms with van der Waals surface area (Å²) in [5.41, 5.74) is 0. The third-order valence-electron chi connectivity index (χ3n) is 1.24. The molecule has 1 rings (SSSR count). The van der Waals surface area contributed by atoms with Crippen LogP contribution >= 0.6 is 23.2 Å². The molecule has 0 amide bonds. The Hall–Kier alpha value is -0.800. The Labute approximate surface area is 84.2 Å². The molecule has 0 heterocycles. The van der Waals surface area contributed by atoms with Gasteiger partial charge in [0.05, 0.1) is 5.02 Å². The normalized spacial score (nSPS) is 9.77. The second kappa shape index (κ2) is 4.44. The molecule has 0 saturated carbocycles. The monoisotopic (exact) mass is 222 g/mol. The number of hydrogen-bond acceptors (Lipinski definition) is 2. The van der Waals surface area contributed by atoms with Gasteiger partial charge in [0.2, 0.25) is 0 Å². The fraction of sp³-hybridized carbons (Fsp3) is 0.125. The third-order valence-corrected chi connectivity index (χ3v) is 1.66. The molecule has 1 aromatic carbocycles. The summed E-state index contributed by atoms with van der Waals surface area (Å²) in [4.78, 5) is 10.3. The smallest absolute Gasteiger partial charge is 0.259 e. The van der Waals surface area contributed by atoms with Gasteiger partial charge in [0.15, 0.2) is 6.61 Å². The maximum atomic E-state index is 12.8. The minimum Gasteiger partial charge on any atom is -0.484 e. The largest absolute Gasteiger partial charge is 0.484 e. The van der Waals surface area contributed by atoms with Gasteiger partial charge in [0.25, 0.3) is 5.24 Å². The van der Waals surface area contributed by atoms with Crippen LogP contribution in [-0.4, -0.2) is 11.8 Å². The van der Waals surface area contributed by atoms with E-state index >= 15 is 0 Å². The van der Waals surface area contributed by atoms with Crippen LogP contribution in [0.25, 0.3) is 0 Å². The molecule has 13 heavy (non-hydrogen) atoms. The highest BCUT2D eigenvalue weighted by Crippen LogP contribution is 2.20. The van der Waals surface area contributed by atoms with E-state index in [9.17, 15) is 9.18 Å². The van der Waals surface area contributed by atoms with E-state index in [0.29, 0.717) is 0 Å². The Bertz CT molecular complexity index is 328. The first-order valence-corrected chi connectivity index (χ1v) is 4.11. The van der Waals surface area contributed by atoms with Gasteiger partial charge in [-0.1, -0.05) is 11.6 Å². The van der Waals surface area contributed by atoms with Gasteiger partial charge in [-0.15, -0.1) is 0 Å². The molecule has 0 radical (unpaired) electrons. The number of ether oxygens (including phenoxy) is 1. The molecule has 0 N–H and O–H groups in total. The molecule has 0 saturated heterocycles. The van der Waals surface area contributed by atoms with E-state index in [0.717, 1.165) is 6.07 Å². The maximum absolute atomic E-state index is 12.8. The summed E-state index contributed by atoms with van der Waals surface area (Å²) in [5.74, 6) is -0.378. The maximum Gasteiger partial charge on any atom is 0.259 e. The first-order valence-electron chi connectivity index (χ1n) is 3.36. The predicted octanol–water partition coefficient (Wildman–Crippen LogP) is 2.62. The molecule has 0 spiro atoms. The van der Waals surface area contributed by atoms with Crippen LogP contribution in [0, 0.1) is 5.82 Å². The number of halogens is 3. The van der Waals surface area contributed by atoms with Crippen molar-refractivity contribution in [1.82, 2.24) is 0 Å².